The highest BCUT2D eigenvalue weighted by Gasteiger charge is 2.28. The lowest BCUT2D eigenvalue weighted by Crippen LogP contribution is -2.23. The molecule has 0 radical (unpaired) electrons. The predicted octanol–water partition coefficient (Wildman–Crippen LogP) is 4.90. The summed E-state index contributed by atoms with van der Waals surface area (Å²) in [5, 5.41) is 11.0. The number of para-hydroxylation sites is 1. The van der Waals surface area contributed by atoms with E-state index in [0.717, 1.165) is 11.3 Å². The van der Waals surface area contributed by atoms with Crippen LogP contribution in [-0.4, -0.2) is 9.67 Å². The first-order valence-electron chi connectivity index (χ1n) is 6.03. The van der Waals surface area contributed by atoms with E-state index in [1.165, 1.54) is 0 Å². The van der Waals surface area contributed by atoms with Gasteiger partial charge in [0, 0.05) is 10.8 Å². The molecule has 0 N–H and O–H groups in total. The van der Waals surface area contributed by atoms with Gasteiger partial charge < -0.3 is 0 Å². The molecule has 1 aromatic carbocycles. The van der Waals surface area contributed by atoms with Crippen molar-refractivity contribution >= 4 is 17.4 Å². The second kappa shape index (κ2) is 5.31. The maximum atomic E-state index is 11.0. The van der Waals surface area contributed by atoms with Crippen molar-refractivity contribution < 1.29 is 4.92 Å². The van der Waals surface area contributed by atoms with Crippen LogP contribution in [-0.2, 0) is 0 Å². The van der Waals surface area contributed by atoms with Crippen LogP contribution in [0.2, 0.25) is 0 Å². The third kappa shape index (κ3) is 4.69. The molecule has 4 heteroatoms. The number of benzene rings is 1. The van der Waals surface area contributed by atoms with Crippen molar-refractivity contribution in [2.45, 2.75) is 50.7 Å². The molecule has 0 saturated carbocycles. The Hall–Kier alpha value is -1.03. The minimum atomic E-state index is -0.310. The average Bonchev–Trinajstić information content (AvgIpc) is 2.13. The van der Waals surface area contributed by atoms with Gasteiger partial charge in [0.2, 0.25) is 0 Å². The summed E-state index contributed by atoms with van der Waals surface area (Å²) in [4.78, 5) is 11.4. The first-order valence-corrected chi connectivity index (χ1v) is 6.85. The molecule has 0 aliphatic rings. The van der Waals surface area contributed by atoms with E-state index in [4.69, 9.17) is 0 Å². The lowest BCUT2D eigenvalue weighted by Gasteiger charge is -2.31. The summed E-state index contributed by atoms with van der Waals surface area (Å²) in [6.07, 6.45) is 0.997. The highest BCUT2D eigenvalue weighted by atomic mass is 32.2. The molecule has 0 saturated heterocycles. The van der Waals surface area contributed by atoms with Crippen LogP contribution in [0, 0.1) is 15.5 Å². The summed E-state index contributed by atoms with van der Waals surface area (Å²) < 4.78 is -0.0234. The summed E-state index contributed by atoms with van der Waals surface area (Å²) in [5.41, 5.74) is 0.407. The standard InChI is InChI=1S/C14H21NO2S/c1-13(2,3)10-14(4,5)18-12-9-7-6-8-11(12)15(16)17/h6-9H,10H2,1-5H3. The van der Waals surface area contributed by atoms with Crippen LogP contribution >= 0.6 is 11.8 Å². The van der Waals surface area contributed by atoms with Gasteiger partial charge in [-0.3, -0.25) is 10.1 Å². The minimum absolute atomic E-state index is 0.0234. The second-order valence-electron chi connectivity index (χ2n) is 6.32. The van der Waals surface area contributed by atoms with Crippen LogP contribution in [0.25, 0.3) is 0 Å². The maximum absolute atomic E-state index is 11.0. The van der Waals surface area contributed by atoms with Crippen LogP contribution in [0.1, 0.15) is 41.0 Å². The normalized spacial score (nSPS) is 12.5. The summed E-state index contributed by atoms with van der Waals surface area (Å²) in [5.74, 6) is 0. The van der Waals surface area contributed by atoms with E-state index in [2.05, 4.69) is 34.6 Å². The Labute approximate surface area is 113 Å². The zero-order valence-electron chi connectivity index (χ0n) is 11.7. The number of nitro groups is 1. The maximum Gasteiger partial charge on any atom is 0.282 e. The van der Waals surface area contributed by atoms with Crippen molar-refractivity contribution in [3.05, 3.63) is 34.4 Å². The van der Waals surface area contributed by atoms with Crippen LogP contribution in [0.3, 0.4) is 0 Å². The fraction of sp³-hybridized carbons (Fsp3) is 0.571. The van der Waals surface area contributed by atoms with Crippen molar-refractivity contribution in [3.8, 4) is 0 Å². The number of thioether (sulfide) groups is 1. The van der Waals surface area contributed by atoms with Gasteiger partial charge in [-0.05, 0) is 17.9 Å². The van der Waals surface area contributed by atoms with Gasteiger partial charge in [-0.15, -0.1) is 11.8 Å². The number of nitrogens with zero attached hydrogens (tertiary/aromatic N) is 1. The molecule has 0 fully saturated rings. The van der Waals surface area contributed by atoms with Crippen molar-refractivity contribution in [2.75, 3.05) is 0 Å². The summed E-state index contributed by atoms with van der Waals surface area (Å²) in [7, 11) is 0. The quantitative estimate of drug-likeness (QED) is 0.442. The van der Waals surface area contributed by atoms with E-state index < -0.39 is 0 Å². The molecule has 0 atom stereocenters. The Kier molecular flexibility index (Phi) is 4.43. The fourth-order valence-electron chi connectivity index (χ4n) is 2.31. The minimum Gasteiger partial charge on any atom is -0.258 e. The molecule has 0 aliphatic heterocycles. The molecule has 1 rings (SSSR count). The van der Waals surface area contributed by atoms with Gasteiger partial charge in [0.15, 0.2) is 0 Å². The molecule has 3 nitrogen and oxygen atoms in total. The van der Waals surface area contributed by atoms with Crippen molar-refractivity contribution in [1.29, 1.82) is 0 Å². The molecule has 1 aromatic rings. The lowest BCUT2D eigenvalue weighted by atomic mass is 9.86. The average molecular weight is 267 g/mol. The third-order valence-corrected chi connectivity index (χ3v) is 3.67. The van der Waals surface area contributed by atoms with Crippen molar-refractivity contribution in [1.82, 2.24) is 0 Å². The Bertz CT molecular complexity index is 436. The molecule has 18 heavy (non-hydrogen) atoms. The molecule has 0 spiro atoms. The number of rotatable bonds is 4. The first-order chi connectivity index (χ1) is 8.11. The molecule has 0 bridgehead atoms. The summed E-state index contributed by atoms with van der Waals surface area (Å²) in [6, 6.07) is 6.95. The van der Waals surface area contributed by atoms with E-state index in [0.29, 0.717) is 0 Å². The van der Waals surface area contributed by atoms with Gasteiger partial charge in [-0.1, -0.05) is 46.8 Å². The third-order valence-electron chi connectivity index (χ3n) is 2.40. The molecule has 0 heterocycles. The smallest absolute Gasteiger partial charge is 0.258 e. The second-order valence-corrected chi connectivity index (χ2v) is 8.07. The summed E-state index contributed by atoms with van der Waals surface area (Å²) >= 11 is 1.59. The zero-order chi connectivity index (χ0) is 14.0. The number of hydrogen-bond donors (Lipinski definition) is 0. The topological polar surface area (TPSA) is 43.1 Å². The molecule has 0 unspecified atom stereocenters. The number of nitro benzene ring substituents is 1. The van der Waals surface area contributed by atoms with Crippen LogP contribution in [0.5, 0.6) is 0 Å². The Morgan fingerprint density at radius 1 is 1.17 bits per heavy atom. The Morgan fingerprint density at radius 3 is 2.22 bits per heavy atom. The van der Waals surface area contributed by atoms with E-state index >= 15 is 0 Å². The predicted molar refractivity (Wildman–Crippen MR) is 77.1 cm³/mol. The zero-order valence-corrected chi connectivity index (χ0v) is 12.5. The SMILES string of the molecule is CC(C)(C)CC(C)(C)Sc1ccccc1[N+](=O)[O-]. The van der Waals surface area contributed by atoms with Crippen molar-refractivity contribution in [3.63, 3.8) is 0 Å². The monoisotopic (exact) mass is 267 g/mol. The van der Waals surface area contributed by atoms with Crippen LogP contribution in [0.4, 0.5) is 5.69 Å². The Morgan fingerprint density at radius 2 is 1.72 bits per heavy atom. The molecular formula is C14H21NO2S. The van der Waals surface area contributed by atoms with Gasteiger partial charge in [0.05, 0.1) is 9.82 Å². The van der Waals surface area contributed by atoms with Crippen LogP contribution in [0.15, 0.2) is 29.2 Å². The molecule has 0 amide bonds. The molecule has 100 valence electrons. The van der Waals surface area contributed by atoms with Gasteiger partial charge in [-0.25, -0.2) is 0 Å². The van der Waals surface area contributed by atoms with Gasteiger partial charge in [0.25, 0.3) is 5.69 Å². The lowest BCUT2D eigenvalue weighted by molar-refractivity contribution is -0.387. The van der Waals surface area contributed by atoms with Crippen molar-refractivity contribution in [2.24, 2.45) is 5.41 Å². The highest BCUT2D eigenvalue weighted by molar-refractivity contribution is 8.00. The van der Waals surface area contributed by atoms with Gasteiger partial charge >= 0.3 is 0 Å². The van der Waals surface area contributed by atoms with Gasteiger partial charge in [-0.2, -0.15) is 0 Å². The molecule has 0 aromatic heterocycles. The fourth-order valence-corrected chi connectivity index (χ4v) is 3.80. The van der Waals surface area contributed by atoms with Gasteiger partial charge in [0.1, 0.15) is 0 Å². The van der Waals surface area contributed by atoms with E-state index in [1.54, 1.807) is 23.9 Å². The largest absolute Gasteiger partial charge is 0.282 e. The van der Waals surface area contributed by atoms with E-state index in [1.807, 2.05) is 12.1 Å². The summed E-state index contributed by atoms with van der Waals surface area (Å²) in [6.45, 7) is 10.8. The number of hydrogen-bond acceptors (Lipinski definition) is 3. The van der Waals surface area contributed by atoms with E-state index in [9.17, 15) is 10.1 Å². The molecular weight excluding hydrogens is 246 g/mol. The highest BCUT2D eigenvalue weighted by Crippen LogP contribution is 2.43. The van der Waals surface area contributed by atoms with E-state index in [-0.39, 0.29) is 20.8 Å². The Balaban J connectivity index is 2.94. The molecule has 0 aliphatic carbocycles. The van der Waals surface area contributed by atoms with Crippen LogP contribution < -0.4 is 0 Å². The first kappa shape index (κ1) is 15.0.